The zero-order valence-corrected chi connectivity index (χ0v) is 58.4. The first-order chi connectivity index (χ1) is 38.7. The van der Waals surface area contributed by atoms with Crippen molar-refractivity contribution in [3.63, 3.8) is 0 Å². The molecule has 9 rings (SSSR count). The molecule has 1 fully saturated rings. The lowest BCUT2D eigenvalue weighted by Gasteiger charge is -2.67. The Morgan fingerprint density at radius 3 is 0.427 bits per heavy atom. The van der Waals surface area contributed by atoms with Crippen molar-refractivity contribution in [2.45, 2.75) is 202 Å². The van der Waals surface area contributed by atoms with Crippen molar-refractivity contribution in [2.75, 3.05) is 0 Å². The minimum absolute atomic E-state index is 0.377. The molecule has 0 saturated heterocycles. The number of aryl methyl sites for hydroxylation is 8. The first-order valence-electron chi connectivity index (χ1n) is 30.4. The highest BCUT2D eigenvalue weighted by Crippen LogP contribution is 2.87. The van der Waals surface area contributed by atoms with E-state index in [0.717, 1.165) is 12.8 Å². The van der Waals surface area contributed by atoms with Gasteiger partial charge in [-0.15, -0.1) is 0 Å². The Morgan fingerprint density at radius 2 is 0.305 bits per heavy atom. The van der Waals surface area contributed by atoms with E-state index in [1.54, 1.807) is 42.4 Å². The predicted molar refractivity (Wildman–Crippen MR) is 374 cm³/mol. The van der Waals surface area contributed by atoms with Gasteiger partial charge in [-0.1, -0.05) is 110 Å². The second kappa shape index (κ2) is 23.7. The van der Waals surface area contributed by atoms with Gasteiger partial charge in [0, 0.05) is 9.79 Å². The topological polar surface area (TPSA) is 0 Å². The summed E-state index contributed by atoms with van der Waals surface area (Å²) >= 11 is 0. The summed E-state index contributed by atoms with van der Waals surface area (Å²) in [5.41, 5.74) is 34.4. The summed E-state index contributed by atoms with van der Waals surface area (Å²) in [4.78, 5) is -0.754. The molecule has 4 heteroatoms. The maximum absolute atomic E-state index is 2.68. The van der Waals surface area contributed by atoms with Gasteiger partial charge >= 0.3 is 0 Å². The van der Waals surface area contributed by atoms with Crippen LogP contribution in [0.15, 0.2) is 97.1 Å². The van der Waals surface area contributed by atoms with Crippen LogP contribution in [-0.2, 0) is 0 Å². The zero-order valence-electron chi connectivity index (χ0n) is 54.9. The molecular weight excluding hydrogens is 1060 g/mol. The number of benzene rings is 8. The predicted octanol–water partition coefficient (Wildman–Crippen LogP) is 18.9. The minimum atomic E-state index is -1.25. The van der Waals surface area contributed by atoms with Crippen LogP contribution < -0.4 is 42.4 Å². The molecule has 0 aromatic heterocycles. The molecule has 1 saturated carbocycles. The van der Waals surface area contributed by atoms with Crippen molar-refractivity contribution in [3.8, 4) is 0 Å². The summed E-state index contributed by atoms with van der Waals surface area (Å²) in [5.74, 6) is 0. The summed E-state index contributed by atoms with van der Waals surface area (Å²) in [6.07, 6.45) is 4.56. The van der Waals surface area contributed by atoms with Crippen molar-refractivity contribution < 1.29 is 0 Å². The Hall–Kier alpha value is -4.52. The van der Waals surface area contributed by atoms with Crippen molar-refractivity contribution >= 4 is 74.1 Å². The molecule has 428 valence electrons. The molecular formula is C78H96P4. The van der Waals surface area contributed by atoms with Gasteiger partial charge in [-0.05, 0) is 387 Å². The van der Waals surface area contributed by atoms with Gasteiger partial charge in [0.05, 0.1) is 0 Å². The Morgan fingerprint density at radius 1 is 0.183 bits per heavy atom. The summed E-state index contributed by atoms with van der Waals surface area (Å²) in [6.45, 7) is 58.6. The van der Waals surface area contributed by atoms with E-state index in [2.05, 4.69) is 263 Å². The third kappa shape index (κ3) is 9.92. The first kappa shape index (κ1) is 62.0. The minimum Gasteiger partial charge on any atom is -0.0584 e. The lowest BCUT2D eigenvalue weighted by atomic mass is 9.97. The molecule has 0 unspecified atom stereocenters. The maximum Gasteiger partial charge on any atom is 0.0414 e. The second-order valence-electron chi connectivity index (χ2n) is 25.4. The molecule has 1 aliphatic carbocycles. The van der Waals surface area contributed by atoms with Crippen molar-refractivity contribution in [1.29, 1.82) is 0 Å². The highest BCUT2D eigenvalue weighted by molar-refractivity contribution is 7.98. The van der Waals surface area contributed by atoms with Gasteiger partial charge < -0.3 is 0 Å². The molecule has 0 radical (unpaired) electrons. The number of rotatable bonds is 12. The van der Waals surface area contributed by atoms with E-state index >= 15 is 0 Å². The fourth-order valence-corrected chi connectivity index (χ4v) is 34.1. The van der Waals surface area contributed by atoms with Crippen LogP contribution in [0.3, 0.4) is 0 Å². The fourth-order valence-electron chi connectivity index (χ4n) is 14.1. The van der Waals surface area contributed by atoms with E-state index in [9.17, 15) is 0 Å². The molecule has 0 N–H and O–H groups in total. The molecule has 82 heavy (non-hydrogen) atoms. The Bertz CT molecular complexity index is 3130. The van der Waals surface area contributed by atoms with Gasteiger partial charge in [0.15, 0.2) is 0 Å². The van der Waals surface area contributed by atoms with E-state index in [1.165, 1.54) is 146 Å². The maximum atomic E-state index is 2.68. The molecule has 0 spiro atoms. The van der Waals surface area contributed by atoms with Gasteiger partial charge in [-0.2, -0.15) is 0 Å². The summed E-state index contributed by atoms with van der Waals surface area (Å²) in [5, 5.41) is 12.7. The smallest absolute Gasteiger partial charge is 0.0414 e. The van der Waals surface area contributed by atoms with Gasteiger partial charge in [-0.3, -0.25) is 0 Å². The van der Waals surface area contributed by atoms with Crippen LogP contribution in [-0.4, -0.2) is 9.79 Å². The van der Waals surface area contributed by atoms with Gasteiger partial charge in [-0.25, -0.2) is 0 Å². The van der Waals surface area contributed by atoms with Gasteiger partial charge in [0.25, 0.3) is 0 Å². The molecule has 1 aliphatic rings. The van der Waals surface area contributed by atoms with Crippen LogP contribution in [0.4, 0.5) is 0 Å². The molecule has 0 bridgehead atoms. The molecule has 0 heterocycles. The lowest BCUT2D eigenvalue weighted by Crippen LogP contribution is -2.61. The summed E-state index contributed by atoms with van der Waals surface area (Å²) in [7, 11) is -4.98. The van der Waals surface area contributed by atoms with Gasteiger partial charge in [0.1, 0.15) is 0 Å². The molecule has 0 amide bonds. The average Bonchev–Trinajstić information content (AvgIpc) is 0.710. The monoisotopic (exact) mass is 1160 g/mol. The molecule has 0 aliphatic heterocycles. The zero-order chi connectivity index (χ0) is 59.9. The molecule has 0 nitrogen and oxygen atoms in total. The van der Waals surface area contributed by atoms with Crippen LogP contribution >= 0.6 is 31.7 Å². The Labute approximate surface area is 503 Å². The van der Waals surface area contributed by atoms with Crippen molar-refractivity contribution in [1.82, 2.24) is 0 Å². The number of hydrogen-bond donors (Lipinski definition) is 0. The average molecular weight is 1160 g/mol. The van der Waals surface area contributed by atoms with E-state index in [1.807, 2.05) is 0 Å². The van der Waals surface area contributed by atoms with Crippen LogP contribution in [0.5, 0.6) is 0 Å². The van der Waals surface area contributed by atoms with E-state index in [4.69, 9.17) is 0 Å². The second-order valence-corrected chi connectivity index (χ2v) is 35.7. The quantitative estimate of drug-likeness (QED) is 0.107. The number of hydrogen-bond acceptors (Lipinski definition) is 0. The van der Waals surface area contributed by atoms with Crippen LogP contribution in [0.2, 0.25) is 0 Å². The van der Waals surface area contributed by atoms with E-state index in [0.29, 0.717) is 0 Å². The highest BCUT2D eigenvalue weighted by atomic mass is 31.2. The van der Waals surface area contributed by atoms with Crippen LogP contribution in [0.25, 0.3) is 0 Å². The third-order valence-electron chi connectivity index (χ3n) is 21.6. The first-order valence-corrected chi connectivity index (χ1v) is 35.8. The summed E-state index contributed by atoms with van der Waals surface area (Å²) in [6, 6.07) is 41.7. The molecule has 8 aromatic rings. The Kier molecular flexibility index (Phi) is 18.0. The third-order valence-corrected chi connectivity index (χ3v) is 37.8. The van der Waals surface area contributed by atoms with Crippen molar-refractivity contribution in [2.24, 2.45) is 0 Å². The van der Waals surface area contributed by atoms with Gasteiger partial charge in [0.2, 0.25) is 0 Å². The van der Waals surface area contributed by atoms with Crippen molar-refractivity contribution in [3.05, 3.63) is 231 Å². The SMILES string of the molecule is Cc1ccc(P(c2ccc(C)c(C)c2C)C2(P(c3ccc(C)c(C)c3C)c3ccc(C)c(C)c3C)CCCCC2(P(c2ccc(C)c(C)c2C)c2ccc(C)c(C)c2C)P(c2ccc(C)c(C)c2C)c2ccc(C)c(C)c2C)c(C)c1C. The summed E-state index contributed by atoms with van der Waals surface area (Å²) < 4.78 is 0. The molecule has 8 aromatic carbocycles. The standard InChI is InChI=1S/C78H96P4/c1-45-27-35-69(61(17)53(45)9)79(70-36-28-46(2)54(10)62(70)18)77(80(71-37-29-47(3)55(11)63(71)19)72-38-30-48(4)56(12)64(72)20)43-25-26-44-78(77,81(73-39-31-49(5)57(13)65(73)21)74-40-32-50(6)58(14)66(74)22)82(75-41-33-51(7)59(15)67(75)23)76-42-34-52(8)60(16)68(76)24/h27-42H,25-26,43-44H2,1-24H3. The van der Waals surface area contributed by atoms with Crippen LogP contribution in [0.1, 0.15) is 159 Å². The largest absolute Gasteiger partial charge is 0.0584 e. The highest BCUT2D eigenvalue weighted by Gasteiger charge is 2.69. The van der Waals surface area contributed by atoms with E-state index in [-0.39, 0.29) is 9.79 Å². The van der Waals surface area contributed by atoms with Crippen LogP contribution in [0, 0.1) is 166 Å². The fraction of sp³-hybridized carbons (Fsp3) is 0.385. The normalized spacial score (nSPS) is 14.3. The molecule has 0 atom stereocenters. The van der Waals surface area contributed by atoms with E-state index < -0.39 is 31.7 Å². The lowest BCUT2D eigenvalue weighted by molar-refractivity contribution is 0.463. The Balaban J connectivity index is 1.76.